The van der Waals surface area contributed by atoms with E-state index in [0.717, 1.165) is 25.9 Å². The van der Waals surface area contributed by atoms with Crippen LogP contribution in [-0.2, 0) is 9.53 Å². The van der Waals surface area contributed by atoms with E-state index in [9.17, 15) is 9.59 Å². The number of amides is 1. The lowest BCUT2D eigenvalue weighted by molar-refractivity contribution is -0.141. The third-order valence-electron chi connectivity index (χ3n) is 4.35. The summed E-state index contributed by atoms with van der Waals surface area (Å²) in [6.07, 6.45) is 1.17. The van der Waals surface area contributed by atoms with Gasteiger partial charge in [0.25, 0.3) is 5.91 Å². The Balaban J connectivity index is 1.99. The molecule has 1 aromatic rings. The van der Waals surface area contributed by atoms with E-state index in [0.29, 0.717) is 23.0 Å². The number of hydrogen-bond acceptors (Lipinski definition) is 5. The first-order valence-electron chi connectivity index (χ1n) is 8.18. The molecule has 1 aliphatic rings. The smallest absolute Gasteiger partial charge is 0.339 e. The Kier molecular flexibility index (Phi) is 6.06. The number of methoxy groups -OCH3 is 2. The molecule has 0 spiro atoms. The number of rotatable bonds is 5. The van der Waals surface area contributed by atoms with E-state index < -0.39 is 12.1 Å². The molecule has 132 valence electrons. The second-order valence-corrected chi connectivity index (χ2v) is 6.13. The molecule has 24 heavy (non-hydrogen) atoms. The molecular formula is C18H25NO5. The van der Waals surface area contributed by atoms with Crippen LogP contribution in [0, 0.1) is 5.92 Å². The number of carbonyl (C=O) groups is 2. The zero-order chi connectivity index (χ0) is 17.7. The van der Waals surface area contributed by atoms with Gasteiger partial charge in [-0.25, -0.2) is 4.79 Å². The summed E-state index contributed by atoms with van der Waals surface area (Å²) in [5.74, 6) is 0.910. The van der Waals surface area contributed by atoms with Crippen molar-refractivity contribution in [1.82, 2.24) is 4.90 Å². The van der Waals surface area contributed by atoms with E-state index >= 15 is 0 Å². The molecule has 1 aliphatic heterocycles. The van der Waals surface area contributed by atoms with Crippen LogP contribution in [0.2, 0.25) is 0 Å². The zero-order valence-electron chi connectivity index (χ0n) is 14.7. The van der Waals surface area contributed by atoms with E-state index in [2.05, 4.69) is 6.92 Å². The molecule has 0 N–H and O–H groups in total. The molecule has 1 amide bonds. The van der Waals surface area contributed by atoms with Crippen LogP contribution < -0.4 is 9.47 Å². The summed E-state index contributed by atoms with van der Waals surface area (Å²) in [6.45, 7) is 5.23. The van der Waals surface area contributed by atoms with Crippen LogP contribution in [-0.4, -0.2) is 50.2 Å². The molecular weight excluding hydrogens is 310 g/mol. The van der Waals surface area contributed by atoms with Crippen molar-refractivity contribution < 1.29 is 23.8 Å². The Labute approximate surface area is 142 Å². The van der Waals surface area contributed by atoms with Crippen LogP contribution in [0.25, 0.3) is 0 Å². The summed E-state index contributed by atoms with van der Waals surface area (Å²) < 4.78 is 15.6. The van der Waals surface area contributed by atoms with E-state index in [-0.39, 0.29) is 5.91 Å². The average Bonchev–Trinajstić information content (AvgIpc) is 2.60. The normalized spacial score (nSPS) is 16.4. The lowest BCUT2D eigenvalue weighted by Crippen LogP contribution is -2.44. The first-order chi connectivity index (χ1) is 11.5. The van der Waals surface area contributed by atoms with Gasteiger partial charge in [-0.1, -0.05) is 6.92 Å². The van der Waals surface area contributed by atoms with Crippen LogP contribution in [0.1, 0.15) is 37.0 Å². The predicted octanol–water partition coefficient (Wildman–Crippen LogP) is 2.51. The zero-order valence-corrected chi connectivity index (χ0v) is 14.7. The molecule has 1 heterocycles. The second-order valence-electron chi connectivity index (χ2n) is 6.13. The third kappa shape index (κ3) is 4.19. The summed E-state index contributed by atoms with van der Waals surface area (Å²) in [6, 6.07) is 4.76. The van der Waals surface area contributed by atoms with Gasteiger partial charge in [0.05, 0.1) is 19.8 Å². The Morgan fingerprint density at radius 3 is 2.33 bits per heavy atom. The molecule has 1 fully saturated rings. The van der Waals surface area contributed by atoms with E-state index in [1.165, 1.54) is 14.2 Å². The van der Waals surface area contributed by atoms with Gasteiger partial charge in [-0.2, -0.15) is 0 Å². The van der Waals surface area contributed by atoms with Crippen molar-refractivity contribution in [2.45, 2.75) is 32.8 Å². The number of piperidine rings is 1. The summed E-state index contributed by atoms with van der Waals surface area (Å²) >= 11 is 0. The van der Waals surface area contributed by atoms with Gasteiger partial charge in [0, 0.05) is 13.1 Å². The molecule has 1 aromatic carbocycles. The van der Waals surface area contributed by atoms with Crippen molar-refractivity contribution in [2.75, 3.05) is 27.3 Å². The standard InChI is InChI=1S/C18H25NO5/c1-12-7-9-19(10-8-12)17(20)13(2)24-18(21)14-5-6-15(22-3)16(11-14)23-4/h5-6,11-13H,7-10H2,1-4H3/t13-/m1/s1. The SMILES string of the molecule is COc1ccc(C(=O)O[C@H](C)C(=O)N2CCC(C)CC2)cc1OC. The molecule has 6 nitrogen and oxygen atoms in total. The van der Waals surface area contributed by atoms with Crippen molar-refractivity contribution in [2.24, 2.45) is 5.92 Å². The van der Waals surface area contributed by atoms with Gasteiger partial charge >= 0.3 is 5.97 Å². The van der Waals surface area contributed by atoms with Crippen LogP contribution in [0.3, 0.4) is 0 Å². The maximum absolute atomic E-state index is 12.4. The summed E-state index contributed by atoms with van der Waals surface area (Å²) in [5, 5.41) is 0. The highest BCUT2D eigenvalue weighted by molar-refractivity contribution is 5.92. The molecule has 0 bridgehead atoms. The predicted molar refractivity (Wildman–Crippen MR) is 89.4 cm³/mol. The van der Waals surface area contributed by atoms with Gasteiger partial charge in [-0.05, 0) is 43.9 Å². The number of likely N-dealkylation sites (tertiary alicyclic amines) is 1. The van der Waals surface area contributed by atoms with Crippen LogP contribution in [0.5, 0.6) is 11.5 Å². The second kappa shape index (κ2) is 8.04. The van der Waals surface area contributed by atoms with Crippen LogP contribution in [0.4, 0.5) is 0 Å². The molecule has 0 unspecified atom stereocenters. The molecule has 2 rings (SSSR count). The van der Waals surface area contributed by atoms with Crippen LogP contribution in [0.15, 0.2) is 18.2 Å². The van der Waals surface area contributed by atoms with E-state index in [4.69, 9.17) is 14.2 Å². The fourth-order valence-electron chi connectivity index (χ4n) is 2.73. The monoisotopic (exact) mass is 335 g/mol. The minimum absolute atomic E-state index is 0.143. The molecule has 1 atom stereocenters. The fraction of sp³-hybridized carbons (Fsp3) is 0.556. The van der Waals surface area contributed by atoms with Gasteiger partial charge in [0.2, 0.25) is 0 Å². The maximum Gasteiger partial charge on any atom is 0.339 e. The number of carbonyl (C=O) groups excluding carboxylic acids is 2. The molecule has 0 radical (unpaired) electrons. The fourth-order valence-corrected chi connectivity index (χ4v) is 2.73. The van der Waals surface area contributed by atoms with Gasteiger partial charge in [-0.15, -0.1) is 0 Å². The van der Waals surface area contributed by atoms with Crippen molar-refractivity contribution in [1.29, 1.82) is 0 Å². The van der Waals surface area contributed by atoms with E-state index in [1.54, 1.807) is 30.0 Å². The lowest BCUT2D eigenvalue weighted by Gasteiger charge is -2.31. The lowest BCUT2D eigenvalue weighted by atomic mass is 9.99. The Morgan fingerprint density at radius 1 is 1.12 bits per heavy atom. The van der Waals surface area contributed by atoms with Gasteiger partial charge in [-0.3, -0.25) is 4.79 Å². The highest BCUT2D eigenvalue weighted by atomic mass is 16.5. The third-order valence-corrected chi connectivity index (χ3v) is 4.35. The summed E-state index contributed by atoms with van der Waals surface area (Å²) in [5.41, 5.74) is 0.319. The Morgan fingerprint density at radius 2 is 1.75 bits per heavy atom. The van der Waals surface area contributed by atoms with Gasteiger partial charge in [0.1, 0.15) is 0 Å². The molecule has 1 saturated heterocycles. The van der Waals surface area contributed by atoms with Crippen molar-refractivity contribution in [3.63, 3.8) is 0 Å². The molecule has 0 saturated carbocycles. The quantitative estimate of drug-likeness (QED) is 0.774. The highest BCUT2D eigenvalue weighted by Gasteiger charge is 2.27. The number of hydrogen-bond donors (Lipinski definition) is 0. The number of ether oxygens (including phenoxy) is 3. The average molecular weight is 335 g/mol. The van der Waals surface area contributed by atoms with Crippen LogP contribution >= 0.6 is 0 Å². The minimum Gasteiger partial charge on any atom is -0.493 e. The highest BCUT2D eigenvalue weighted by Crippen LogP contribution is 2.28. The van der Waals surface area contributed by atoms with Crippen molar-refractivity contribution >= 4 is 11.9 Å². The number of esters is 1. The first-order valence-corrected chi connectivity index (χ1v) is 8.18. The largest absolute Gasteiger partial charge is 0.493 e. The number of nitrogens with zero attached hydrogens (tertiary/aromatic N) is 1. The molecule has 0 aliphatic carbocycles. The maximum atomic E-state index is 12.4. The van der Waals surface area contributed by atoms with Crippen molar-refractivity contribution in [3.05, 3.63) is 23.8 Å². The van der Waals surface area contributed by atoms with Gasteiger partial charge < -0.3 is 19.1 Å². The summed E-state index contributed by atoms with van der Waals surface area (Å²) in [7, 11) is 3.02. The number of benzene rings is 1. The van der Waals surface area contributed by atoms with Crippen molar-refractivity contribution in [3.8, 4) is 11.5 Å². The van der Waals surface area contributed by atoms with Gasteiger partial charge in [0.15, 0.2) is 17.6 Å². The topological polar surface area (TPSA) is 65.1 Å². The minimum atomic E-state index is -0.806. The Bertz CT molecular complexity index is 593. The molecule has 6 heteroatoms. The Hall–Kier alpha value is -2.24. The molecule has 0 aromatic heterocycles. The summed E-state index contributed by atoms with van der Waals surface area (Å²) in [4.78, 5) is 26.4. The van der Waals surface area contributed by atoms with E-state index in [1.807, 2.05) is 0 Å². The first kappa shape index (κ1) is 18.1.